The van der Waals surface area contributed by atoms with Crippen LogP contribution in [0.15, 0.2) is 24.3 Å². The minimum absolute atomic E-state index is 1.21. The predicted octanol–water partition coefficient (Wildman–Crippen LogP) is 5.28. The first-order valence-corrected chi connectivity index (χ1v) is 6.81. The summed E-state index contributed by atoms with van der Waals surface area (Å²) >= 11 is 0. The Hall–Kier alpha value is -1.76. The van der Waals surface area contributed by atoms with Crippen LogP contribution >= 0.6 is 0 Å². The molecule has 0 aliphatic rings. The van der Waals surface area contributed by atoms with E-state index in [1.165, 1.54) is 44.8 Å². The van der Waals surface area contributed by atoms with Crippen molar-refractivity contribution in [1.82, 2.24) is 0 Å². The first-order valence-electron chi connectivity index (χ1n) is 6.81. The molecule has 0 aromatic heterocycles. The molecule has 0 radical (unpaired) electrons. The second-order valence-electron chi connectivity index (χ2n) is 5.63. The molecule has 0 saturated heterocycles. The van der Waals surface area contributed by atoms with Crippen LogP contribution in [0.1, 0.15) is 33.4 Å². The van der Waals surface area contributed by atoms with Gasteiger partial charge in [0.15, 0.2) is 0 Å². The van der Waals surface area contributed by atoms with Gasteiger partial charge < -0.3 is 5.32 Å². The number of nitrogens with one attached hydrogen (secondary N) is 1. The zero-order chi connectivity index (χ0) is 14.2. The van der Waals surface area contributed by atoms with Crippen LogP contribution in [-0.4, -0.2) is 0 Å². The average Bonchev–Trinajstić information content (AvgIpc) is 2.31. The van der Waals surface area contributed by atoms with Crippen molar-refractivity contribution in [2.75, 3.05) is 5.32 Å². The summed E-state index contributed by atoms with van der Waals surface area (Å²) in [6.45, 7) is 13.0. The van der Waals surface area contributed by atoms with Gasteiger partial charge in [-0.05, 0) is 87.1 Å². The van der Waals surface area contributed by atoms with Gasteiger partial charge >= 0.3 is 0 Å². The van der Waals surface area contributed by atoms with Crippen molar-refractivity contribution in [2.45, 2.75) is 41.5 Å². The Labute approximate surface area is 116 Å². The van der Waals surface area contributed by atoms with E-state index in [9.17, 15) is 0 Å². The zero-order valence-electron chi connectivity index (χ0n) is 12.8. The molecule has 100 valence electrons. The van der Waals surface area contributed by atoms with Gasteiger partial charge in [-0.1, -0.05) is 12.1 Å². The van der Waals surface area contributed by atoms with Crippen LogP contribution in [0.2, 0.25) is 0 Å². The van der Waals surface area contributed by atoms with Gasteiger partial charge in [0.2, 0.25) is 0 Å². The van der Waals surface area contributed by atoms with E-state index in [2.05, 4.69) is 71.1 Å². The van der Waals surface area contributed by atoms with Crippen LogP contribution in [0.4, 0.5) is 11.4 Å². The lowest BCUT2D eigenvalue weighted by molar-refractivity contribution is 1.26. The monoisotopic (exact) mass is 253 g/mol. The Bertz CT molecular complexity index is 569. The highest BCUT2D eigenvalue weighted by Crippen LogP contribution is 2.28. The van der Waals surface area contributed by atoms with Crippen molar-refractivity contribution in [3.8, 4) is 0 Å². The third-order valence-corrected chi connectivity index (χ3v) is 3.89. The minimum atomic E-state index is 1.21. The molecule has 0 saturated carbocycles. The van der Waals surface area contributed by atoms with Crippen molar-refractivity contribution in [1.29, 1.82) is 0 Å². The fraction of sp³-hybridized carbons (Fsp3) is 0.333. The maximum atomic E-state index is 3.60. The first-order chi connectivity index (χ1) is 8.88. The summed E-state index contributed by atoms with van der Waals surface area (Å²) in [6.07, 6.45) is 0. The Morgan fingerprint density at radius 3 is 1.32 bits per heavy atom. The summed E-state index contributed by atoms with van der Waals surface area (Å²) in [7, 11) is 0. The summed E-state index contributed by atoms with van der Waals surface area (Å²) in [6, 6.07) is 8.91. The van der Waals surface area contributed by atoms with Gasteiger partial charge in [0, 0.05) is 11.4 Å². The molecule has 0 fully saturated rings. The SMILES string of the molecule is Cc1cc(C)c(C)c(Nc2cc(C)cc(C)c2C)c1. The summed E-state index contributed by atoms with van der Waals surface area (Å²) < 4.78 is 0. The summed E-state index contributed by atoms with van der Waals surface area (Å²) in [5.41, 5.74) is 10.3. The molecule has 0 amide bonds. The number of aryl methyl sites for hydroxylation is 4. The highest BCUT2D eigenvalue weighted by Gasteiger charge is 2.07. The lowest BCUT2D eigenvalue weighted by Gasteiger charge is -2.16. The van der Waals surface area contributed by atoms with E-state index in [0.717, 1.165) is 0 Å². The fourth-order valence-corrected chi connectivity index (χ4v) is 2.48. The first kappa shape index (κ1) is 13.7. The molecule has 0 aliphatic carbocycles. The van der Waals surface area contributed by atoms with Gasteiger partial charge in [-0.3, -0.25) is 0 Å². The van der Waals surface area contributed by atoms with E-state index in [1.807, 2.05) is 0 Å². The second kappa shape index (κ2) is 5.08. The molecule has 1 nitrogen and oxygen atoms in total. The molecule has 1 N–H and O–H groups in total. The molecule has 0 spiro atoms. The number of hydrogen-bond donors (Lipinski definition) is 1. The maximum Gasteiger partial charge on any atom is 0.0419 e. The Balaban J connectivity index is 2.47. The molecule has 0 bridgehead atoms. The van der Waals surface area contributed by atoms with Gasteiger partial charge in [-0.15, -0.1) is 0 Å². The minimum Gasteiger partial charge on any atom is -0.355 e. The molecule has 1 heteroatoms. The Morgan fingerprint density at radius 2 is 0.947 bits per heavy atom. The van der Waals surface area contributed by atoms with Gasteiger partial charge in [0.25, 0.3) is 0 Å². The Morgan fingerprint density at radius 1 is 0.579 bits per heavy atom. The van der Waals surface area contributed by atoms with Gasteiger partial charge in [0.1, 0.15) is 0 Å². The fourth-order valence-electron chi connectivity index (χ4n) is 2.48. The third-order valence-electron chi connectivity index (χ3n) is 3.89. The van der Waals surface area contributed by atoms with Crippen LogP contribution in [0.5, 0.6) is 0 Å². The summed E-state index contributed by atoms with van der Waals surface area (Å²) in [5.74, 6) is 0. The van der Waals surface area contributed by atoms with Crippen LogP contribution in [0, 0.1) is 41.5 Å². The molecule has 2 aromatic rings. The standard InChI is InChI=1S/C18H23N/c1-11-7-13(3)15(5)17(9-11)19-18-10-12(2)8-14(4)16(18)6/h7-10,19H,1-6H3. The molecule has 0 unspecified atom stereocenters. The highest BCUT2D eigenvalue weighted by molar-refractivity contribution is 5.69. The van der Waals surface area contributed by atoms with Crippen molar-refractivity contribution in [2.24, 2.45) is 0 Å². The number of hydrogen-bond acceptors (Lipinski definition) is 1. The van der Waals surface area contributed by atoms with E-state index >= 15 is 0 Å². The topological polar surface area (TPSA) is 12.0 Å². The molecule has 0 aliphatic heterocycles. The predicted molar refractivity (Wildman–Crippen MR) is 84.6 cm³/mol. The molecule has 0 atom stereocenters. The van der Waals surface area contributed by atoms with Gasteiger partial charge in [-0.25, -0.2) is 0 Å². The van der Waals surface area contributed by atoms with Crippen LogP contribution < -0.4 is 5.32 Å². The number of anilines is 2. The van der Waals surface area contributed by atoms with Crippen molar-refractivity contribution < 1.29 is 0 Å². The van der Waals surface area contributed by atoms with E-state index in [-0.39, 0.29) is 0 Å². The lowest BCUT2D eigenvalue weighted by atomic mass is 10.0. The normalized spacial score (nSPS) is 10.6. The van der Waals surface area contributed by atoms with E-state index < -0.39 is 0 Å². The second-order valence-corrected chi connectivity index (χ2v) is 5.63. The summed E-state index contributed by atoms with van der Waals surface area (Å²) in [5, 5.41) is 3.60. The van der Waals surface area contributed by atoms with Crippen molar-refractivity contribution >= 4 is 11.4 Å². The lowest BCUT2D eigenvalue weighted by Crippen LogP contribution is -1.99. The van der Waals surface area contributed by atoms with Gasteiger partial charge in [-0.2, -0.15) is 0 Å². The van der Waals surface area contributed by atoms with Crippen LogP contribution in [0.25, 0.3) is 0 Å². The van der Waals surface area contributed by atoms with Crippen molar-refractivity contribution in [3.05, 3.63) is 57.6 Å². The Kier molecular flexibility index (Phi) is 3.66. The average molecular weight is 253 g/mol. The molecular formula is C18H23N. The zero-order valence-corrected chi connectivity index (χ0v) is 12.8. The number of rotatable bonds is 2. The highest BCUT2D eigenvalue weighted by atomic mass is 14.9. The molecule has 2 aromatic carbocycles. The van der Waals surface area contributed by atoms with E-state index in [4.69, 9.17) is 0 Å². The van der Waals surface area contributed by atoms with Crippen molar-refractivity contribution in [3.63, 3.8) is 0 Å². The van der Waals surface area contributed by atoms with Gasteiger partial charge in [0.05, 0.1) is 0 Å². The molecule has 2 rings (SSSR count). The molecule has 19 heavy (non-hydrogen) atoms. The van der Waals surface area contributed by atoms with Crippen LogP contribution in [-0.2, 0) is 0 Å². The van der Waals surface area contributed by atoms with E-state index in [0.29, 0.717) is 0 Å². The largest absolute Gasteiger partial charge is 0.355 e. The molecule has 0 heterocycles. The smallest absolute Gasteiger partial charge is 0.0419 e. The summed E-state index contributed by atoms with van der Waals surface area (Å²) in [4.78, 5) is 0. The number of benzene rings is 2. The van der Waals surface area contributed by atoms with Crippen LogP contribution in [0.3, 0.4) is 0 Å². The maximum absolute atomic E-state index is 3.60. The third kappa shape index (κ3) is 2.81. The van der Waals surface area contributed by atoms with E-state index in [1.54, 1.807) is 0 Å². The molecular weight excluding hydrogens is 230 g/mol. The quantitative estimate of drug-likeness (QED) is 0.767.